The number of nitrogens with zero attached hydrogens (tertiary/aromatic N) is 1. The summed E-state index contributed by atoms with van der Waals surface area (Å²) < 4.78 is 28.5. The third-order valence-corrected chi connectivity index (χ3v) is 7.76. The highest BCUT2D eigenvalue weighted by atomic mass is 32.2. The maximum atomic E-state index is 13.4. The molecular formula is C28H24N2O3S. The van der Waals surface area contributed by atoms with Gasteiger partial charge in [-0.15, -0.1) is 0 Å². The number of anilines is 1. The zero-order chi connectivity index (χ0) is 23.7. The number of aromatic nitrogens is 1. The summed E-state index contributed by atoms with van der Waals surface area (Å²) in [5.41, 5.74) is 3.14. The van der Waals surface area contributed by atoms with Crippen molar-refractivity contribution in [3.63, 3.8) is 0 Å². The predicted octanol–water partition coefficient (Wildman–Crippen LogP) is 5.72. The van der Waals surface area contributed by atoms with Gasteiger partial charge in [0.15, 0.2) is 9.84 Å². The molecule has 1 N–H and O–H groups in total. The Bertz CT molecular complexity index is 1630. The summed E-state index contributed by atoms with van der Waals surface area (Å²) in [5.74, 6) is -0.310. The number of carbonyl (C=O) groups is 1. The SMILES string of the molecule is Cc1ccccc1CS(=O)(=O)c1cn(CC(=O)Nc2cccc3ccccc23)c2ccccc12. The summed E-state index contributed by atoms with van der Waals surface area (Å²) in [6, 6.07) is 28.4. The average Bonchev–Trinajstić information content (AvgIpc) is 3.20. The first kappa shape index (κ1) is 21.9. The van der Waals surface area contributed by atoms with Crippen LogP contribution in [0, 0.1) is 6.92 Å². The van der Waals surface area contributed by atoms with Crippen molar-refractivity contribution in [2.75, 3.05) is 5.32 Å². The van der Waals surface area contributed by atoms with E-state index in [2.05, 4.69) is 5.32 Å². The van der Waals surface area contributed by atoms with Gasteiger partial charge < -0.3 is 9.88 Å². The third-order valence-electron chi connectivity index (χ3n) is 6.07. The molecule has 5 nitrogen and oxygen atoms in total. The van der Waals surface area contributed by atoms with E-state index in [-0.39, 0.29) is 23.1 Å². The molecule has 0 atom stereocenters. The summed E-state index contributed by atoms with van der Waals surface area (Å²) in [4.78, 5) is 13.2. The van der Waals surface area contributed by atoms with Crippen molar-refractivity contribution in [3.8, 4) is 0 Å². The van der Waals surface area contributed by atoms with Gasteiger partial charge in [-0.05, 0) is 35.6 Å². The van der Waals surface area contributed by atoms with E-state index in [1.165, 1.54) is 0 Å². The molecule has 0 aliphatic heterocycles. The Labute approximate surface area is 198 Å². The minimum Gasteiger partial charge on any atom is -0.337 e. The fourth-order valence-electron chi connectivity index (χ4n) is 4.33. The number of carbonyl (C=O) groups excluding carboxylic acids is 1. The van der Waals surface area contributed by atoms with Crippen LogP contribution in [-0.2, 0) is 26.9 Å². The Morgan fingerprint density at radius 3 is 2.32 bits per heavy atom. The van der Waals surface area contributed by atoms with Gasteiger partial charge >= 0.3 is 0 Å². The lowest BCUT2D eigenvalue weighted by atomic mass is 10.1. The molecular weight excluding hydrogens is 444 g/mol. The van der Waals surface area contributed by atoms with E-state index in [0.29, 0.717) is 10.9 Å². The highest BCUT2D eigenvalue weighted by molar-refractivity contribution is 7.90. The van der Waals surface area contributed by atoms with Gasteiger partial charge in [0.05, 0.1) is 10.6 Å². The molecule has 0 aliphatic carbocycles. The second kappa shape index (κ2) is 8.80. The van der Waals surface area contributed by atoms with Crippen molar-refractivity contribution in [2.24, 2.45) is 0 Å². The molecule has 0 spiro atoms. The molecule has 6 heteroatoms. The van der Waals surface area contributed by atoms with Crippen LogP contribution in [0.4, 0.5) is 5.69 Å². The van der Waals surface area contributed by atoms with E-state index < -0.39 is 9.84 Å². The van der Waals surface area contributed by atoms with Crippen LogP contribution >= 0.6 is 0 Å². The van der Waals surface area contributed by atoms with Crippen LogP contribution in [0.2, 0.25) is 0 Å². The fourth-order valence-corrected chi connectivity index (χ4v) is 6.01. The van der Waals surface area contributed by atoms with Crippen molar-refractivity contribution in [2.45, 2.75) is 24.1 Å². The van der Waals surface area contributed by atoms with E-state index in [0.717, 1.165) is 27.6 Å². The minimum absolute atomic E-state index is 0.00359. The van der Waals surface area contributed by atoms with Gasteiger partial charge in [-0.25, -0.2) is 8.42 Å². The first-order valence-corrected chi connectivity index (χ1v) is 12.7. The highest BCUT2D eigenvalue weighted by Gasteiger charge is 2.23. The lowest BCUT2D eigenvalue weighted by Crippen LogP contribution is -2.18. The summed E-state index contributed by atoms with van der Waals surface area (Å²) in [5, 5.41) is 5.60. The van der Waals surface area contributed by atoms with E-state index in [9.17, 15) is 13.2 Å². The number of aryl methyl sites for hydroxylation is 1. The second-order valence-corrected chi connectivity index (χ2v) is 10.4. The van der Waals surface area contributed by atoms with Crippen LogP contribution in [0.5, 0.6) is 0 Å². The van der Waals surface area contributed by atoms with Crippen LogP contribution in [0.15, 0.2) is 102 Å². The number of para-hydroxylation sites is 1. The van der Waals surface area contributed by atoms with Crippen LogP contribution < -0.4 is 5.32 Å². The van der Waals surface area contributed by atoms with Crippen LogP contribution in [-0.4, -0.2) is 18.9 Å². The molecule has 1 amide bonds. The Morgan fingerprint density at radius 1 is 0.824 bits per heavy atom. The van der Waals surface area contributed by atoms with Crippen LogP contribution in [0.25, 0.3) is 21.7 Å². The first-order chi connectivity index (χ1) is 16.4. The van der Waals surface area contributed by atoms with Gasteiger partial charge in [-0.3, -0.25) is 4.79 Å². The molecule has 0 fully saturated rings. The largest absolute Gasteiger partial charge is 0.337 e. The molecule has 0 saturated heterocycles. The molecule has 0 radical (unpaired) electrons. The van der Waals surface area contributed by atoms with Gasteiger partial charge in [-0.2, -0.15) is 0 Å². The zero-order valence-corrected chi connectivity index (χ0v) is 19.5. The van der Waals surface area contributed by atoms with Crippen LogP contribution in [0.3, 0.4) is 0 Å². The number of hydrogen-bond donors (Lipinski definition) is 1. The number of rotatable bonds is 6. The maximum Gasteiger partial charge on any atom is 0.244 e. The topological polar surface area (TPSA) is 68.2 Å². The van der Waals surface area contributed by atoms with E-state index in [4.69, 9.17) is 0 Å². The standard InChI is InChI=1S/C28H24N2O3S/c1-20-9-2-3-11-22(20)19-34(32,33)27-17-30(26-16-7-6-14-24(26)27)18-28(31)29-25-15-8-12-21-10-4-5-13-23(21)25/h2-17H,18-19H2,1H3,(H,29,31). The molecule has 5 rings (SSSR count). The van der Waals surface area contributed by atoms with Crippen molar-refractivity contribution >= 4 is 43.1 Å². The van der Waals surface area contributed by atoms with Gasteiger partial charge in [0.25, 0.3) is 0 Å². The zero-order valence-electron chi connectivity index (χ0n) is 18.7. The number of sulfone groups is 1. The van der Waals surface area contributed by atoms with Crippen LogP contribution in [0.1, 0.15) is 11.1 Å². The quantitative estimate of drug-likeness (QED) is 0.347. The molecule has 4 aromatic carbocycles. The van der Waals surface area contributed by atoms with Crippen molar-refractivity contribution in [3.05, 3.63) is 108 Å². The van der Waals surface area contributed by atoms with E-state index in [1.807, 2.05) is 91.9 Å². The molecule has 0 saturated carbocycles. The molecule has 0 bridgehead atoms. The van der Waals surface area contributed by atoms with Gasteiger partial charge in [0.2, 0.25) is 5.91 Å². The summed E-state index contributed by atoms with van der Waals surface area (Å²) in [6.45, 7) is 1.91. The molecule has 34 heavy (non-hydrogen) atoms. The average molecular weight is 469 g/mol. The lowest BCUT2D eigenvalue weighted by molar-refractivity contribution is -0.116. The summed E-state index contributed by atoms with van der Waals surface area (Å²) >= 11 is 0. The number of fused-ring (bicyclic) bond motifs is 2. The molecule has 5 aromatic rings. The summed E-state index contributed by atoms with van der Waals surface area (Å²) in [7, 11) is -3.62. The number of benzene rings is 4. The minimum atomic E-state index is -3.62. The Hall–Kier alpha value is -3.90. The lowest BCUT2D eigenvalue weighted by Gasteiger charge is -2.10. The number of amides is 1. The van der Waals surface area contributed by atoms with E-state index >= 15 is 0 Å². The maximum absolute atomic E-state index is 13.4. The van der Waals surface area contributed by atoms with E-state index in [1.54, 1.807) is 16.8 Å². The molecule has 170 valence electrons. The third kappa shape index (κ3) is 4.20. The monoisotopic (exact) mass is 468 g/mol. The number of nitrogens with one attached hydrogen (secondary N) is 1. The van der Waals surface area contributed by atoms with Crippen molar-refractivity contribution in [1.29, 1.82) is 0 Å². The van der Waals surface area contributed by atoms with Gasteiger partial charge in [0, 0.05) is 28.2 Å². The Morgan fingerprint density at radius 2 is 1.50 bits per heavy atom. The molecule has 0 aliphatic rings. The molecule has 1 aromatic heterocycles. The van der Waals surface area contributed by atoms with Crippen molar-refractivity contribution in [1.82, 2.24) is 4.57 Å². The normalized spacial score (nSPS) is 11.7. The van der Waals surface area contributed by atoms with Gasteiger partial charge in [0.1, 0.15) is 6.54 Å². The summed E-state index contributed by atoms with van der Waals surface area (Å²) in [6.07, 6.45) is 1.58. The highest BCUT2D eigenvalue weighted by Crippen LogP contribution is 2.29. The predicted molar refractivity (Wildman–Crippen MR) is 137 cm³/mol. The number of hydrogen-bond acceptors (Lipinski definition) is 3. The van der Waals surface area contributed by atoms with Gasteiger partial charge in [-0.1, -0.05) is 78.9 Å². The first-order valence-electron chi connectivity index (χ1n) is 11.1. The molecule has 1 heterocycles. The Kier molecular flexibility index (Phi) is 5.67. The second-order valence-electron chi connectivity index (χ2n) is 8.40. The Balaban J connectivity index is 1.47. The molecule has 0 unspecified atom stereocenters. The van der Waals surface area contributed by atoms with Crippen molar-refractivity contribution < 1.29 is 13.2 Å². The smallest absolute Gasteiger partial charge is 0.244 e. The fraction of sp³-hybridized carbons (Fsp3) is 0.107.